The summed E-state index contributed by atoms with van der Waals surface area (Å²) >= 11 is 1.31. The van der Waals surface area contributed by atoms with Crippen LogP contribution in [0.2, 0.25) is 0 Å². The fourth-order valence-corrected chi connectivity index (χ4v) is 4.22. The van der Waals surface area contributed by atoms with Crippen molar-refractivity contribution in [3.05, 3.63) is 70.5 Å². The third-order valence-corrected chi connectivity index (χ3v) is 6.35. The smallest absolute Gasteiger partial charge is 0.252 e. The first-order valence-corrected chi connectivity index (χ1v) is 11.6. The summed E-state index contributed by atoms with van der Waals surface area (Å²) in [7, 11) is 1.84. The number of aromatic nitrogens is 3. The van der Waals surface area contributed by atoms with Crippen LogP contribution in [0.1, 0.15) is 52.8 Å². The van der Waals surface area contributed by atoms with Crippen molar-refractivity contribution in [2.45, 2.75) is 45.3 Å². The Bertz CT molecular complexity index is 1130. The number of aryl methyl sites for hydroxylation is 3. The number of thioether (sulfide) groups is 1. The topological polar surface area (TPSA) is 88.9 Å². The first-order valence-electron chi connectivity index (χ1n) is 10.6. The molecule has 2 amide bonds. The lowest BCUT2D eigenvalue weighted by molar-refractivity contribution is -0.113. The van der Waals surface area contributed by atoms with Gasteiger partial charge in [0.25, 0.3) is 5.91 Å². The van der Waals surface area contributed by atoms with Crippen molar-refractivity contribution in [3.8, 4) is 0 Å². The number of nitrogens with one attached hydrogen (secondary N) is 2. The SMILES string of the molecule is CCc1cccc(C)c1NC(=O)CSc1nnc([C@H](C)NC(=O)c2ccccc2C)n1C. The Morgan fingerprint density at radius 2 is 1.78 bits per heavy atom. The first kappa shape index (κ1) is 23.5. The van der Waals surface area contributed by atoms with Gasteiger partial charge in [-0.25, -0.2) is 0 Å². The van der Waals surface area contributed by atoms with Gasteiger partial charge in [0.2, 0.25) is 5.91 Å². The van der Waals surface area contributed by atoms with E-state index in [0.29, 0.717) is 16.5 Å². The zero-order valence-electron chi connectivity index (χ0n) is 19.1. The minimum Gasteiger partial charge on any atom is -0.342 e. The molecule has 0 fully saturated rings. The van der Waals surface area contributed by atoms with Gasteiger partial charge in [-0.2, -0.15) is 0 Å². The number of anilines is 1. The Morgan fingerprint density at radius 3 is 2.50 bits per heavy atom. The molecule has 0 spiro atoms. The number of nitrogens with zero attached hydrogens (tertiary/aromatic N) is 3. The number of hydrogen-bond acceptors (Lipinski definition) is 5. The van der Waals surface area contributed by atoms with Gasteiger partial charge in [0.05, 0.1) is 11.8 Å². The highest BCUT2D eigenvalue weighted by Gasteiger charge is 2.20. The van der Waals surface area contributed by atoms with E-state index >= 15 is 0 Å². The monoisotopic (exact) mass is 451 g/mol. The van der Waals surface area contributed by atoms with E-state index in [0.717, 1.165) is 28.8 Å². The van der Waals surface area contributed by atoms with Gasteiger partial charge >= 0.3 is 0 Å². The summed E-state index contributed by atoms with van der Waals surface area (Å²) in [6.07, 6.45) is 0.850. The van der Waals surface area contributed by atoms with E-state index in [1.165, 1.54) is 11.8 Å². The average molecular weight is 452 g/mol. The predicted molar refractivity (Wildman–Crippen MR) is 128 cm³/mol. The second-order valence-electron chi connectivity index (χ2n) is 7.71. The summed E-state index contributed by atoms with van der Waals surface area (Å²) in [5, 5.41) is 15.1. The van der Waals surface area contributed by atoms with Crippen molar-refractivity contribution in [1.82, 2.24) is 20.1 Å². The molecule has 0 saturated carbocycles. The molecule has 0 aliphatic rings. The van der Waals surface area contributed by atoms with Gasteiger partial charge in [-0.05, 0) is 49.9 Å². The zero-order valence-corrected chi connectivity index (χ0v) is 19.9. The van der Waals surface area contributed by atoms with Gasteiger partial charge in [-0.3, -0.25) is 9.59 Å². The van der Waals surface area contributed by atoms with Crippen LogP contribution in [0.25, 0.3) is 0 Å². The maximum absolute atomic E-state index is 12.6. The fraction of sp³-hybridized carbons (Fsp3) is 0.333. The molecule has 1 heterocycles. The van der Waals surface area contributed by atoms with Crippen molar-refractivity contribution in [2.75, 3.05) is 11.1 Å². The molecule has 0 aliphatic carbocycles. The quantitative estimate of drug-likeness (QED) is 0.501. The zero-order chi connectivity index (χ0) is 23.3. The minimum atomic E-state index is -0.332. The standard InChI is InChI=1S/C24H29N5O2S/c1-6-18-12-9-11-16(3)21(18)26-20(30)14-32-24-28-27-22(29(24)5)17(4)25-23(31)19-13-8-7-10-15(19)2/h7-13,17H,6,14H2,1-5H3,(H,25,31)(H,26,30)/t17-/m0/s1. The van der Waals surface area contributed by atoms with E-state index in [2.05, 4.69) is 27.8 Å². The highest BCUT2D eigenvalue weighted by Crippen LogP contribution is 2.23. The number of benzene rings is 2. The van der Waals surface area contributed by atoms with Crippen LogP contribution in [0.3, 0.4) is 0 Å². The maximum Gasteiger partial charge on any atom is 0.252 e. The molecule has 2 aromatic carbocycles. The van der Waals surface area contributed by atoms with Crippen molar-refractivity contribution in [2.24, 2.45) is 7.05 Å². The second kappa shape index (κ2) is 10.5. The lowest BCUT2D eigenvalue weighted by Gasteiger charge is -2.15. The Morgan fingerprint density at radius 1 is 1.06 bits per heavy atom. The molecule has 0 aliphatic heterocycles. The summed E-state index contributed by atoms with van der Waals surface area (Å²) in [5.74, 6) is 0.594. The fourth-order valence-electron chi connectivity index (χ4n) is 3.50. The Labute approximate surface area is 193 Å². The van der Waals surface area contributed by atoms with E-state index in [4.69, 9.17) is 0 Å². The van der Waals surface area contributed by atoms with E-state index in [1.807, 2.05) is 68.8 Å². The number of rotatable bonds is 8. The van der Waals surface area contributed by atoms with Gasteiger partial charge < -0.3 is 15.2 Å². The third kappa shape index (κ3) is 5.37. The van der Waals surface area contributed by atoms with Gasteiger partial charge in [0.1, 0.15) is 0 Å². The summed E-state index contributed by atoms with van der Waals surface area (Å²) < 4.78 is 1.81. The van der Waals surface area contributed by atoms with Crippen molar-refractivity contribution >= 4 is 29.3 Å². The molecule has 3 aromatic rings. The predicted octanol–water partition coefficient (Wildman–Crippen LogP) is 4.22. The van der Waals surface area contributed by atoms with Crippen LogP contribution in [0.5, 0.6) is 0 Å². The molecule has 0 radical (unpaired) electrons. The Hall–Kier alpha value is -3.13. The molecule has 1 atom stereocenters. The molecule has 0 bridgehead atoms. The maximum atomic E-state index is 12.6. The lowest BCUT2D eigenvalue weighted by atomic mass is 10.1. The molecule has 168 valence electrons. The molecule has 0 saturated heterocycles. The highest BCUT2D eigenvalue weighted by atomic mass is 32.2. The summed E-state index contributed by atoms with van der Waals surface area (Å²) in [6, 6.07) is 13.1. The van der Waals surface area contributed by atoms with Crippen LogP contribution < -0.4 is 10.6 Å². The molecule has 0 unspecified atom stereocenters. The molecule has 7 nitrogen and oxygen atoms in total. The van der Waals surface area contributed by atoms with Crippen LogP contribution in [0, 0.1) is 13.8 Å². The molecule has 1 aromatic heterocycles. The van der Waals surface area contributed by atoms with E-state index in [9.17, 15) is 9.59 Å². The second-order valence-corrected chi connectivity index (χ2v) is 8.65. The normalized spacial score (nSPS) is 11.8. The Kier molecular flexibility index (Phi) is 7.69. The van der Waals surface area contributed by atoms with Crippen LogP contribution in [0.15, 0.2) is 47.6 Å². The lowest BCUT2D eigenvalue weighted by Crippen LogP contribution is -2.29. The number of para-hydroxylation sites is 1. The number of amides is 2. The van der Waals surface area contributed by atoms with Crippen molar-refractivity contribution in [3.63, 3.8) is 0 Å². The van der Waals surface area contributed by atoms with Crippen LogP contribution in [-0.2, 0) is 18.3 Å². The van der Waals surface area contributed by atoms with Gasteiger partial charge in [0, 0.05) is 18.3 Å². The number of carbonyl (C=O) groups is 2. The van der Waals surface area contributed by atoms with Crippen LogP contribution >= 0.6 is 11.8 Å². The highest BCUT2D eigenvalue weighted by molar-refractivity contribution is 7.99. The number of carbonyl (C=O) groups excluding carboxylic acids is 2. The van der Waals surface area contributed by atoms with Gasteiger partial charge in [-0.1, -0.05) is 55.1 Å². The molecule has 32 heavy (non-hydrogen) atoms. The average Bonchev–Trinajstić information content (AvgIpc) is 3.14. The minimum absolute atomic E-state index is 0.0931. The van der Waals surface area contributed by atoms with Gasteiger partial charge in [-0.15, -0.1) is 10.2 Å². The molecular formula is C24H29N5O2S. The largest absolute Gasteiger partial charge is 0.342 e. The van der Waals surface area contributed by atoms with Crippen molar-refractivity contribution in [1.29, 1.82) is 0 Å². The van der Waals surface area contributed by atoms with Gasteiger partial charge in [0.15, 0.2) is 11.0 Å². The van der Waals surface area contributed by atoms with Crippen molar-refractivity contribution < 1.29 is 9.59 Å². The summed E-state index contributed by atoms with van der Waals surface area (Å²) in [5.41, 5.74) is 4.59. The number of hydrogen-bond donors (Lipinski definition) is 2. The Balaban J connectivity index is 1.62. The van der Waals surface area contributed by atoms with E-state index in [-0.39, 0.29) is 23.6 Å². The van der Waals surface area contributed by atoms with Crippen LogP contribution in [-0.4, -0.2) is 32.3 Å². The molecular weight excluding hydrogens is 422 g/mol. The molecule has 2 N–H and O–H groups in total. The van der Waals surface area contributed by atoms with Crippen LogP contribution in [0.4, 0.5) is 5.69 Å². The van der Waals surface area contributed by atoms with E-state index < -0.39 is 0 Å². The summed E-state index contributed by atoms with van der Waals surface area (Å²) in [4.78, 5) is 25.2. The van der Waals surface area contributed by atoms with E-state index in [1.54, 1.807) is 6.07 Å². The summed E-state index contributed by atoms with van der Waals surface area (Å²) in [6.45, 7) is 7.83. The molecule has 3 rings (SSSR count). The first-order chi connectivity index (χ1) is 15.3. The third-order valence-electron chi connectivity index (χ3n) is 5.33. The molecule has 8 heteroatoms.